The molecule has 0 aromatic carbocycles. The van der Waals surface area contributed by atoms with Crippen LogP contribution in [-0.4, -0.2) is 50.7 Å². The van der Waals surface area contributed by atoms with Crippen molar-refractivity contribution < 1.29 is 33.0 Å². The van der Waals surface area contributed by atoms with Crippen molar-refractivity contribution >= 4 is 22.7 Å². The first-order chi connectivity index (χ1) is 14.2. The second kappa shape index (κ2) is 6.70. The molecule has 0 radical (unpaired) electrons. The molecule has 0 unspecified atom stereocenters. The lowest BCUT2D eigenvalue weighted by molar-refractivity contribution is -0.259. The fraction of sp³-hybridized carbons (Fsp3) is 0.739. The number of carbonyl (C=O) groups is 2. The number of hydrogen-bond acceptors (Lipinski definition) is 5. The van der Waals surface area contributed by atoms with E-state index in [-0.39, 0.29) is 24.8 Å². The number of thioether (sulfide) groups is 1. The standard InChI is InChI=1S/C23H29F3O4S/c1-12-7-16-20(3,22(12,30)18(29)31-11-24)10-17(28)23(26)19(2)6-5-13(27)8-14(19)15(25)9-21(16,23)4/h5-6,8,12,15-17,28,30H,7,9-11H2,1-4H3/t12-,15+,16-,17+,19+,20+,21+,22+,23+/m1/s1. The predicted octanol–water partition coefficient (Wildman–Crippen LogP) is 3.86. The molecule has 4 aliphatic carbocycles. The summed E-state index contributed by atoms with van der Waals surface area (Å²) in [5, 5.41) is 22.1. The summed E-state index contributed by atoms with van der Waals surface area (Å²) >= 11 is 0.369. The topological polar surface area (TPSA) is 74.6 Å². The van der Waals surface area contributed by atoms with E-state index in [1.54, 1.807) is 20.8 Å². The van der Waals surface area contributed by atoms with Gasteiger partial charge in [-0.2, -0.15) is 0 Å². The molecule has 9 atom stereocenters. The number of rotatable bonds is 2. The number of aliphatic hydroxyl groups is 2. The SMILES string of the molecule is C[C@@H]1C[C@H]2[C@]3(C)C[C@H](F)C4=CC(=O)C=C[C@]4(C)[C@@]3(F)[C@@H](O)C[C@]2(C)[C@@]1(O)C(=O)SCF. The van der Waals surface area contributed by atoms with Crippen LogP contribution in [0.3, 0.4) is 0 Å². The van der Waals surface area contributed by atoms with Gasteiger partial charge in [0.2, 0.25) is 5.12 Å². The Morgan fingerprint density at radius 3 is 2.52 bits per heavy atom. The van der Waals surface area contributed by atoms with Gasteiger partial charge < -0.3 is 10.2 Å². The number of halogens is 3. The van der Waals surface area contributed by atoms with Gasteiger partial charge >= 0.3 is 0 Å². The smallest absolute Gasteiger partial charge is 0.223 e. The Labute approximate surface area is 184 Å². The Morgan fingerprint density at radius 2 is 1.90 bits per heavy atom. The van der Waals surface area contributed by atoms with Crippen molar-refractivity contribution in [1.82, 2.24) is 0 Å². The largest absolute Gasteiger partial charge is 0.390 e. The molecule has 0 aliphatic heterocycles. The number of carbonyl (C=O) groups excluding carboxylic acids is 2. The maximum atomic E-state index is 17.3. The van der Waals surface area contributed by atoms with Gasteiger partial charge in [-0.15, -0.1) is 0 Å². The Balaban J connectivity index is 1.91. The molecule has 0 aromatic rings. The number of aliphatic hydroxyl groups excluding tert-OH is 1. The van der Waals surface area contributed by atoms with Crippen LogP contribution < -0.4 is 0 Å². The third-order valence-corrected chi connectivity index (χ3v) is 9.97. The fourth-order valence-electron chi connectivity index (χ4n) is 7.80. The highest BCUT2D eigenvalue weighted by atomic mass is 32.2. The van der Waals surface area contributed by atoms with E-state index in [9.17, 15) is 24.2 Å². The summed E-state index contributed by atoms with van der Waals surface area (Å²) in [7, 11) is 0. The van der Waals surface area contributed by atoms with E-state index in [2.05, 4.69) is 0 Å². The molecule has 8 heteroatoms. The molecular formula is C23H29F3O4S. The van der Waals surface area contributed by atoms with Crippen LogP contribution in [-0.2, 0) is 9.59 Å². The van der Waals surface area contributed by atoms with Crippen LogP contribution in [0.15, 0.2) is 23.8 Å². The molecule has 4 aliphatic rings. The van der Waals surface area contributed by atoms with E-state index in [4.69, 9.17) is 0 Å². The maximum absolute atomic E-state index is 17.3. The van der Waals surface area contributed by atoms with E-state index in [0.29, 0.717) is 11.8 Å². The van der Waals surface area contributed by atoms with Crippen LogP contribution >= 0.6 is 11.8 Å². The van der Waals surface area contributed by atoms with Gasteiger partial charge in [0.1, 0.15) is 17.8 Å². The zero-order valence-electron chi connectivity index (χ0n) is 18.1. The van der Waals surface area contributed by atoms with Crippen LogP contribution in [0, 0.1) is 28.1 Å². The van der Waals surface area contributed by atoms with Crippen molar-refractivity contribution in [2.45, 2.75) is 70.5 Å². The highest BCUT2D eigenvalue weighted by Crippen LogP contribution is 2.75. The summed E-state index contributed by atoms with van der Waals surface area (Å²) in [6.07, 6.45) is 0.182. The number of allylic oxidation sites excluding steroid dienone is 4. The summed E-state index contributed by atoms with van der Waals surface area (Å²) in [5.41, 5.74) is -8.52. The van der Waals surface area contributed by atoms with E-state index in [1.165, 1.54) is 19.1 Å². The maximum Gasteiger partial charge on any atom is 0.223 e. The Morgan fingerprint density at radius 1 is 1.26 bits per heavy atom. The van der Waals surface area contributed by atoms with E-state index in [1.807, 2.05) is 0 Å². The van der Waals surface area contributed by atoms with Gasteiger partial charge in [-0.1, -0.05) is 38.6 Å². The molecule has 0 heterocycles. The van der Waals surface area contributed by atoms with Crippen LogP contribution in [0.25, 0.3) is 0 Å². The van der Waals surface area contributed by atoms with Crippen LogP contribution in [0.5, 0.6) is 0 Å². The van der Waals surface area contributed by atoms with Crippen LogP contribution in [0.4, 0.5) is 13.2 Å². The molecule has 3 saturated carbocycles. The lowest BCUT2D eigenvalue weighted by atomic mass is 9.39. The molecule has 4 rings (SSSR count). The molecule has 3 fully saturated rings. The normalized spacial score (nSPS) is 53.5. The van der Waals surface area contributed by atoms with Crippen molar-refractivity contribution in [3.8, 4) is 0 Å². The monoisotopic (exact) mass is 458 g/mol. The molecule has 172 valence electrons. The first kappa shape index (κ1) is 23.1. The first-order valence-electron chi connectivity index (χ1n) is 10.7. The first-order valence-corrected chi connectivity index (χ1v) is 11.6. The van der Waals surface area contributed by atoms with Crippen molar-refractivity contribution in [3.05, 3.63) is 23.8 Å². The quantitative estimate of drug-likeness (QED) is 0.657. The third-order valence-electron chi connectivity index (χ3n) is 9.29. The average molecular weight is 459 g/mol. The second-order valence-corrected chi connectivity index (χ2v) is 11.4. The van der Waals surface area contributed by atoms with Gasteiger partial charge in [-0.05, 0) is 55.7 Å². The summed E-state index contributed by atoms with van der Waals surface area (Å²) in [4.78, 5) is 24.8. The molecule has 0 spiro atoms. The van der Waals surface area contributed by atoms with Crippen molar-refractivity contribution in [2.24, 2.45) is 28.1 Å². The van der Waals surface area contributed by atoms with Crippen LogP contribution in [0.2, 0.25) is 0 Å². The van der Waals surface area contributed by atoms with E-state index >= 15 is 8.78 Å². The molecule has 2 N–H and O–H groups in total. The van der Waals surface area contributed by atoms with Gasteiger partial charge in [-0.25, -0.2) is 13.2 Å². The van der Waals surface area contributed by atoms with Crippen LogP contribution in [0.1, 0.15) is 47.0 Å². The third kappa shape index (κ3) is 2.42. The summed E-state index contributed by atoms with van der Waals surface area (Å²) in [6, 6.07) is -1.00. The molecule has 0 bridgehead atoms. The second-order valence-electron chi connectivity index (χ2n) is 10.5. The number of fused-ring (bicyclic) bond motifs is 5. The minimum absolute atomic E-state index is 0.0213. The molecule has 0 saturated heterocycles. The average Bonchev–Trinajstić information content (AvgIpc) is 2.89. The Kier molecular flexibility index (Phi) is 4.98. The predicted molar refractivity (Wildman–Crippen MR) is 111 cm³/mol. The highest BCUT2D eigenvalue weighted by Gasteiger charge is 2.80. The van der Waals surface area contributed by atoms with Gasteiger partial charge in [0.25, 0.3) is 0 Å². The summed E-state index contributed by atoms with van der Waals surface area (Å²) < 4.78 is 45.8. The number of alkyl halides is 3. The zero-order valence-corrected chi connectivity index (χ0v) is 18.9. The number of ketones is 1. The lowest BCUT2D eigenvalue weighted by Gasteiger charge is -2.68. The minimum Gasteiger partial charge on any atom is -0.390 e. The minimum atomic E-state index is -2.32. The summed E-state index contributed by atoms with van der Waals surface area (Å²) in [6.45, 7) is 6.39. The van der Waals surface area contributed by atoms with E-state index in [0.717, 1.165) is 6.08 Å². The highest BCUT2D eigenvalue weighted by molar-refractivity contribution is 8.13. The zero-order chi connectivity index (χ0) is 23.2. The fourth-order valence-corrected chi connectivity index (χ4v) is 8.55. The van der Waals surface area contributed by atoms with Gasteiger partial charge in [0.05, 0.1) is 6.10 Å². The molecule has 31 heavy (non-hydrogen) atoms. The molecular weight excluding hydrogens is 429 g/mol. The molecule has 0 amide bonds. The van der Waals surface area contributed by atoms with Crippen molar-refractivity contribution in [3.63, 3.8) is 0 Å². The molecule has 0 aromatic heterocycles. The van der Waals surface area contributed by atoms with Gasteiger partial charge in [0, 0.05) is 16.2 Å². The van der Waals surface area contributed by atoms with Crippen molar-refractivity contribution in [1.29, 1.82) is 0 Å². The molecule has 4 nitrogen and oxygen atoms in total. The van der Waals surface area contributed by atoms with E-state index < -0.39 is 68.5 Å². The number of hydrogen-bond donors (Lipinski definition) is 2. The van der Waals surface area contributed by atoms with Crippen molar-refractivity contribution in [2.75, 3.05) is 6.01 Å². The Bertz CT molecular complexity index is 907. The lowest BCUT2D eigenvalue weighted by Crippen LogP contribution is -2.74. The van der Waals surface area contributed by atoms with Gasteiger partial charge in [-0.3, -0.25) is 9.59 Å². The summed E-state index contributed by atoms with van der Waals surface area (Å²) in [5.74, 6) is -1.68. The Hall–Kier alpha value is -1.12. The van der Waals surface area contributed by atoms with Gasteiger partial charge in [0.15, 0.2) is 11.5 Å².